The summed E-state index contributed by atoms with van der Waals surface area (Å²) in [5.41, 5.74) is 5.25. The molecule has 2 aromatic heterocycles. The molecule has 1 atom stereocenters. The number of nitrogens with zero attached hydrogens (tertiary/aromatic N) is 3. The van der Waals surface area contributed by atoms with E-state index < -0.39 is 0 Å². The van der Waals surface area contributed by atoms with Gasteiger partial charge in [0.2, 0.25) is 0 Å². The fraction of sp³-hybridized carbons (Fsp3) is 0.250. The van der Waals surface area contributed by atoms with Crippen LogP contribution in [0, 0.1) is 0 Å². The molecule has 8 heteroatoms. The molecule has 0 radical (unpaired) electrons. The van der Waals surface area contributed by atoms with Crippen LogP contribution in [0.5, 0.6) is 0 Å². The Morgan fingerprint density at radius 1 is 1.50 bits per heavy atom. The van der Waals surface area contributed by atoms with E-state index in [0.29, 0.717) is 11.6 Å². The van der Waals surface area contributed by atoms with Gasteiger partial charge in [-0.2, -0.15) is 5.10 Å². The average Bonchev–Trinajstić information content (AvgIpc) is 2.78. The summed E-state index contributed by atoms with van der Waals surface area (Å²) in [6, 6.07) is -0.168. The van der Waals surface area contributed by atoms with Crippen LogP contribution in [-0.2, 0) is 0 Å². The van der Waals surface area contributed by atoms with E-state index >= 15 is 0 Å². The lowest BCUT2D eigenvalue weighted by Crippen LogP contribution is -2.18. The maximum atomic E-state index is 11.2. The minimum Gasteiger partial charge on any atom is -0.391 e. The van der Waals surface area contributed by atoms with Gasteiger partial charge in [0, 0.05) is 0 Å². The number of nitrogen functional groups attached to an aromatic ring is 1. The van der Waals surface area contributed by atoms with Crippen LogP contribution < -0.4 is 16.6 Å². The van der Waals surface area contributed by atoms with Gasteiger partial charge in [-0.3, -0.25) is 9.89 Å². The molecular formula is C8H11N7O. The fourth-order valence-electron chi connectivity index (χ4n) is 1.22. The molecule has 16 heavy (non-hydrogen) atoms. The lowest BCUT2D eigenvalue weighted by molar-refractivity contribution is 0.789. The molecule has 0 fully saturated rings. The summed E-state index contributed by atoms with van der Waals surface area (Å²) in [7, 11) is 0. The summed E-state index contributed by atoms with van der Waals surface area (Å²) in [4.78, 5) is 21.5. The van der Waals surface area contributed by atoms with Crippen molar-refractivity contribution in [3.63, 3.8) is 0 Å². The standard InChI is InChI=1S/C8H11N7O/c1-4(6-11-3-13-15-6)14-7-5(9)8(16)12-2-10-7/h2-4H,9H2,1H3,(H,11,13,15)(H2,10,12,14,16). The van der Waals surface area contributed by atoms with E-state index in [1.807, 2.05) is 6.92 Å². The molecule has 0 spiro atoms. The van der Waals surface area contributed by atoms with Crippen molar-refractivity contribution in [2.24, 2.45) is 0 Å². The molecule has 84 valence electrons. The second-order valence-corrected chi connectivity index (χ2v) is 3.23. The van der Waals surface area contributed by atoms with Crippen LogP contribution in [0.25, 0.3) is 0 Å². The number of hydrogen-bond acceptors (Lipinski definition) is 6. The number of anilines is 2. The SMILES string of the molecule is CC(Nc1nc[nH]c(=O)c1N)c1ncn[nH]1. The lowest BCUT2D eigenvalue weighted by Gasteiger charge is -2.12. The number of nitrogens with two attached hydrogens (primary N) is 1. The van der Waals surface area contributed by atoms with Gasteiger partial charge in [0.05, 0.1) is 12.4 Å². The van der Waals surface area contributed by atoms with E-state index in [1.54, 1.807) is 0 Å². The van der Waals surface area contributed by atoms with Crippen molar-refractivity contribution in [3.8, 4) is 0 Å². The molecule has 0 bridgehead atoms. The van der Waals surface area contributed by atoms with Crippen molar-refractivity contribution in [3.05, 3.63) is 28.8 Å². The number of rotatable bonds is 3. The van der Waals surface area contributed by atoms with Crippen LogP contribution >= 0.6 is 0 Å². The van der Waals surface area contributed by atoms with Gasteiger partial charge >= 0.3 is 0 Å². The van der Waals surface area contributed by atoms with Crippen LogP contribution in [0.1, 0.15) is 18.8 Å². The maximum Gasteiger partial charge on any atom is 0.276 e. The van der Waals surface area contributed by atoms with Gasteiger partial charge in [-0.15, -0.1) is 0 Å². The molecule has 0 aromatic carbocycles. The molecule has 2 rings (SSSR count). The smallest absolute Gasteiger partial charge is 0.276 e. The predicted molar refractivity (Wildman–Crippen MR) is 57.7 cm³/mol. The minimum atomic E-state index is -0.373. The van der Waals surface area contributed by atoms with Gasteiger partial charge in [-0.25, -0.2) is 9.97 Å². The summed E-state index contributed by atoms with van der Waals surface area (Å²) < 4.78 is 0. The Labute approximate surface area is 90.3 Å². The number of aromatic nitrogens is 5. The summed E-state index contributed by atoms with van der Waals surface area (Å²) in [5.74, 6) is 0.967. The topological polar surface area (TPSA) is 125 Å². The number of nitrogens with one attached hydrogen (secondary N) is 3. The van der Waals surface area contributed by atoms with E-state index in [0.717, 1.165) is 0 Å². The van der Waals surface area contributed by atoms with Crippen LogP contribution in [-0.4, -0.2) is 25.1 Å². The number of aromatic amines is 2. The Morgan fingerprint density at radius 3 is 3.00 bits per heavy atom. The van der Waals surface area contributed by atoms with Crippen molar-refractivity contribution in [2.75, 3.05) is 11.1 Å². The molecular weight excluding hydrogens is 210 g/mol. The monoisotopic (exact) mass is 221 g/mol. The van der Waals surface area contributed by atoms with Crippen molar-refractivity contribution in [1.82, 2.24) is 25.1 Å². The van der Waals surface area contributed by atoms with Crippen molar-refractivity contribution in [1.29, 1.82) is 0 Å². The van der Waals surface area contributed by atoms with E-state index in [9.17, 15) is 4.79 Å². The molecule has 0 aliphatic rings. The quantitative estimate of drug-likeness (QED) is 0.561. The minimum absolute atomic E-state index is 0.0499. The second-order valence-electron chi connectivity index (χ2n) is 3.23. The first kappa shape index (κ1) is 10.1. The highest BCUT2D eigenvalue weighted by Crippen LogP contribution is 2.15. The van der Waals surface area contributed by atoms with Crippen LogP contribution in [0.3, 0.4) is 0 Å². The predicted octanol–water partition coefficient (Wildman–Crippen LogP) is -0.357. The van der Waals surface area contributed by atoms with E-state index in [2.05, 4.69) is 30.5 Å². The molecule has 5 N–H and O–H groups in total. The molecule has 2 aromatic rings. The van der Waals surface area contributed by atoms with Gasteiger partial charge in [-0.1, -0.05) is 0 Å². The molecule has 8 nitrogen and oxygen atoms in total. The van der Waals surface area contributed by atoms with E-state index in [-0.39, 0.29) is 17.3 Å². The summed E-state index contributed by atoms with van der Waals surface area (Å²) in [6.45, 7) is 1.85. The maximum absolute atomic E-state index is 11.2. The Kier molecular flexibility index (Phi) is 2.54. The van der Waals surface area contributed by atoms with E-state index in [1.165, 1.54) is 12.7 Å². The second kappa shape index (κ2) is 4.01. The third kappa shape index (κ3) is 1.85. The van der Waals surface area contributed by atoms with Crippen LogP contribution in [0.15, 0.2) is 17.4 Å². The summed E-state index contributed by atoms with van der Waals surface area (Å²) in [5, 5.41) is 9.41. The molecule has 0 aliphatic carbocycles. The van der Waals surface area contributed by atoms with Gasteiger partial charge in [0.25, 0.3) is 5.56 Å². The fourth-order valence-corrected chi connectivity index (χ4v) is 1.22. The normalized spacial score (nSPS) is 12.3. The Bertz CT molecular complexity index is 517. The largest absolute Gasteiger partial charge is 0.391 e. The molecule has 0 amide bonds. The number of H-pyrrole nitrogens is 2. The summed E-state index contributed by atoms with van der Waals surface area (Å²) >= 11 is 0. The van der Waals surface area contributed by atoms with Gasteiger partial charge in [0.1, 0.15) is 17.8 Å². The third-order valence-corrected chi connectivity index (χ3v) is 2.09. The van der Waals surface area contributed by atoms with Crippen LogP contribution in [0.4, 0.5) is 11.5 Å². The Balaban J connectivity index is 2.21. The highest BCUT2D eigenvalue weighted by molar-refractivity contribution is 5.59. The molecule has 0 saturated heterocycles. The zero-order valence-electron chi connectivity index (χ0n) is 8.56. The molecule has 2 heterocycles. The van der Waals surface area contributed by atoms with Crippen LogP contribution in [0.2, 0.25) is 0 Å². The molecule has 0 saturated carbocycles. The zero-order chi connectivity index (χ0) is 11.5. The average molecular weight is 221 g/mol. The first-order valence-corrected chi connectivity index (χ1v) is 4.63. The third-order valence-electron chi connectivity index (χ3n) is 2.09. The highest BCUT2D eigenvalue weighted by Gasteiger charge is 2.11. The lowest BCUT2D eigenvalue weighted by atomic mass is 10.3. The van der Waals surface area contributed by atoms with Crippen molar-refractivity contribution < 1.29 is 0 Å². The first-order valence-electron chi connectivity index (χ1n) is 4.63. The van der Waals surface area contributed by atoms with Gasteiger partial charge < -0.3 is 16.0 Å². The van der Waals surface area contributed by atoms with E-state index in [4.69, 9.17) is 5.73 Å². The van der Waals surface area contributed by atoms with Gasteiger partial charge in [-0.05, 0) is 6.92 Å². The van der Waals surface area contributed by atoms with Gasteiger partial charge in [0.15, 0.2) is 5.82 Å². The summed E-state index contributed by atoms with van der Waals surface area (Å²) in [6.07, 6.45) is 2.69. The highest BCUT2D eigenvalue weighted by atomic mass is 16.1. The van der Waals surface area contributed by atoms with Crippen molar-refractivity contribution in [2.45, 2.75) is 13.0 Å². The first-order chi connectivity index (χ1) is 7.68. The molecule has 1 unspecified atom stereocenters. The number of hydrogen-bond donors (Lipinski definition) is 4. The van der Waals surface area contributed by atoms with Crippen molar-refractivity contribution >= 4 is 11.5 Å². The Morgan fingerprint density at radius 2 is 2.31 bits per heavy atom. The zero-order valence-corrected chi connectivity index (χ0v) is 8.56. The molecule has 0 aliphatic heterocycles. The Hall–Kier alpha value is -2.38.